The monoisotopic (exact) mass is 407 g/mol. The highest BCUT2D eigenvalue weighted by atomic mass is 16.4. The van der Waals surface area contributed by atoms with Crippen molar-refractivity contribution in [3.05, 3.63) is 65.4 Å². The highest BCUT2D eigenvalue weighted by Gasteiger charge is 2.40. The molecule has 0 radical (unpaired) electrons. The van der Waals surface area contributed by atoms with Gasteiger partial charge in [-0.15, -0.1) is 6.58 Å². The molecule has 0 fully saturated rings. The number of carboxylic acid groups (broad SMARTS) is 2. The molecule has 3 aromatic rings. The highest BCUT2D eigenvalue weighted by Crippen LogP contribution is 2.36. The summed E-state index contributed by atoms with van der Waals surface area (Å²) in [5.41, 5.74) is 12.5. The lowest BCUT2D eigenvalue weighted by Crippen LogP contribution is -2.38. The van der Waals surface area contributed by atoms with Crippen LogP contribution in [0.4, 0.5) is 11.8 Å². The third-order valence-corrected chi connectivity index (χ3v) is 5.21. The van der Waals surface area contributed by atoms with Gasteiger partial charge in [-0.1, -0.05) is 18.2 Å². The van der Waals surface area contributed by atoms with Crippen LogP contribution in [0.1, 0.15) is 33.5 Å². The van der Waals surface area contributed by atoms with Crippen LogP contribution in [-0.4, -0.2) is 37.1 Å². The van der Waals surface area contributed by atoms with Crippen LogP contribution in [0.2, 0.25) is 0 Å². The van der Waals surface area contributed by atoms with E-state index >= 15 is 0 Å². The first-order valence-corrected chi connectivity index (χ1v) is 9.05. The third-order valence-electron chi connectivity index (χ3n) is 5.21. The van der Waals surface area contributed by atoms with Gasteiger partial charge in [0, 0.05) is 6.20 Å². The molecule has 154 valence electrons. The quantitative estimate of drug-likeness (QED) is 0.430. The zero-order valence-electron chi connectivity index (χ0n) is 16.3. The van der Waals surface area contributed by atoms with Gasteiger partial charge in [-0.05, 0) is 48.6 Å². The molecule has 9 nitrogen and oxygen atoms in total. The van der Waals surface area contributed by atoms with Gasteiger partial charge in [0.05, 0.1) is 10.9 Å². The lowest BCUT2D eigenvalue weighted by Gasteiger charge is -2.30. The molecule has 0 aliphatic rings. The molecule has 9 heteroatoms. The average Bonchev–Trinajstić information content (AvgIpc) is 2.69. The first-order chi connectivity index (χ1) is 14.2. The van der Waals surface area contributed by atoms with Crippen LogP contribution in [-0.2, 0) is 16.6 Å². The maximum atomic E-state index is 12.5. The first-order valence-electron chi connectivity index (χ1n) is 9.05. The van der Waals surface area contributed by atoms with Crippen molar-refractivity contribution in [1.29, 1.82) is 0 Å². The summed E-state index contributed by atoms with van der Waals surface area (Å²) in [5.74, 6) is -1.98. The van der Waals surface area contributed by atoms with E-state index < -0.39 is 17.4 Å². The van der Waals surface area contributed by atoms with E-state index in [2.05, 4.69) is 21.5 Å². The fourth-order valence-corrected chi connectivity index (χ4v) is 3.59. The number of anilines is 2. The van der Waals surface area contributed by atoms with Crippen molar-refractivity contribution in [3.63, 3.8) is 0 Å². The molecular formula is C21H21N5O4. The number of aromatic nitrogens is 3. The van der Waals surface area contributed by atoms with Crippen LogP contribution >= 0.6 is 0 Å². The second-order valence-electron chi connectivity index (χ2n) is 7.01. The van der Waals surface area contributed by atoms with Crippen LogP contribution < -0.4 is 11.5 Å². The number of aryl methyl sites for hydroxylation is 1. The second-order valence-corrected chi connectivity index (χ2v) is 7.01. The summed E-state index contributed by atoms with van der Waals surface area (Å²) in [5, 5.41) is 19.8. The fourth-order valence-electron chi connectivity index (χ4n) is 3.59. The summed E-state index contributed by atoms with van der Waals surface area (Å²) in [4.78, 5) is 36.0. The van der Waals surface area contributed by atoms with E-state index in [9.17, 15) is 14.7 Å². The number of pyridine rings is 1. The van der Waals surface area contributed by atoms with Gasteiger partial charge < -0.3 is 21.7 Å². The summed E-state index contributed by atoms with van der Waals surface area (Å²) in [6, 6.07) is 5.81. The molecule has 1 atom stereocenters. The predicted molar refractivity (Wildman–Crippen MR) is 112 cm³/mol. The van der Waals surface area contributed by atoms with Gasteiger partial charge >= 0.3 is 11.9 Å². The van der Waals surface area contributed by atoms with Crippen LogP contribution in [0.25, 0.3) is 11.0 Å². The number of carboxylic acids is 2. The van der Waals surface area contributed by atoms with Gasteiger partial charge in [-0.3, -0.25) is 4.79 Å². The summed E-state index contributed by atoms with van der Waals surface area (Å²) in [6.45, 7) is 5.50. The number of nitrogens with two attached hydrogens (primary N) is 2. The molecule has 30 heavy (non-hydrogen) atoms. The van der Waals surface area contributed by atoms with Crippen molar-refractivity contribution in [2.75, 3.05) is 11.5 Å². The van der Waals surface area contributed by atoms with Crippen molar-refractivity contribution in [3.8, 4) is 0 Å². The number of carbonyl (C=O) groups is 2. The molecule has 0 aliphatic heterocycles. The Morgan fingerprint density at radius 1 is 1.17 bits per heavy atom. The third kappa shape index (κ3) is 3.52. The minimum atomic E-state index is -1.37. The lowest BCUT2D eigenvalue weighted by atomic mass is 9.72. The van der Waals surface area contributed by atoms with Crippen molar-refractivity contribution in [1.82, 2.24) is 15.0 Å². The molecule has 0 saturated heterocycles. The first kappa shape index (κ1) is 20.7. The highest BCUT2D eigenvalue weighted by molar-refractivity contribution is 5.91. The van der Waals surface area contributed by atoms with E-state index in [1.165, 1.54) is 30.3 Å². The number of benzene rings is 1. The van der Waals surface area contributed by atoms with Gasteiger partial charge in [0.25, 0.3) is 0 Å². The predicted octanol–water partition coefficient (Wildman–Crippen LogP) is 2.34. The van der Waals surface area contributed by atoms with Crippen LogP contribution in [0.15, 0.2) is 43.1 Å². The summed E-state index contributed by atoms with van der Waals surface area (Å²) in [7, 11) is 0. The molecule has 0 saturated carbocycles. The number of rotatable bonds is 7. The maximum absolute atomic E-state index is 12.5. The fraction of sp³-hybridized carbons (Fsp3) is 0.190. The number of allylic oxidation sites excluding steroid dienone is 1. The number of aliphatic carboxylic acids is 1. The number of fused-ring (bicyclic) bond motifs is 1. The van der Waals surface area contributed by atoms with Crippen LogP contribution in [0.3, 0.4) is 0 Å². The Morgan fingerprint density at radius 2 is 1.83 bits per heavy atom. The van der Waals surface area contributed by atoms with Crippen molar-refractivity contribution >= 4 is 34.7 Å². The molecule has 0 bridgehead atoms. The van der Waals surface area contributed by atoms with Crippen molar-refractivity contribution in [2.24, 2.45) is 0 Å². The molecule has 0 amide bonds. The Hall–Kier alpha value is -4.01. The summed E-state index contributed by atoms with van der Waals surface area (Å²) >= 11 is 0. The van der Waals surface area contributed by atoms with Gasteiger partial charge in [-0.25, -0.2) is 9.78 Å². The smallest absolute Gasteiger partial charge is 0.335 e. The maximum Gasteiger partial charge on any atom is 0.335 e. The Kier molecular flexibility index (Phi) is 5.37. The number of hydrogen-bond donors (Lipinski definition) is 4. The average molecular weight is 407 g/mol. The molecule has 2 aromatic heterocycles. The standard InChI is InChI=1S/C21H21N5O4/c1-3-8-21(19(29)30,14-6-4-12(5-7-14)18(27)28)9-13-10-24-17-15(11(13)2)16(22)25-20(23)26-17/h3-7,10H,1,8-9H2,2H3,(H,27,28)(H,29,30)(H4,22,23,24,25,26). The Morgan fingerprint density at radius 3 is 2.40 bits per heavy atom. The number of nitrogens with zero attached hydrogens (tertiary/aromatic N) is 3. The van der Waals surface area contributed by atoms with Crippen molar-refractivity contribution < 1.29 is 19.8 Å². The van der Waals surface area contributed by atoms with E-state index in [0.29, 0.717) is 27.7 Å². The zero-order chi connectivity index (χ0) is 22.1. The van der Waals surface area contributed by atoms with Gasteiger partial charge in [0.15, 0.2) is 5.65 Å². The van der Waals surface area contributed by atoms with Gasteiger partial charge in [-0.2, -0.15) is 9.97 Å². The molecule has 1 unspecified atom stereocenters. The van der Waals surface area contributed by atoms with E-state index in [1.807, 2.05) is 0 Å². The van der Waals surface area contributed by atoms with Gasteiger partial charge in [0.1, 0.15) is 11.2 Å². The van der Waals surface area contributed by atoms with E-state index in [1.54, 1.807) is 13.1 Å². The minimum absolute atomic E-state index is 0.00436. The number of hydrogen-bond acceptors (Lipinski definition) is 7. The largest absolute Gasteiger partial charge is 0.481 e. The van der Waals surface area contributed by atoms with Gasteiger partial charge in [0.2, 0.25) is 5.95 Å². The number of aromatic carboxylic acids is 1. The Bertz CT molecular complexity index is 1160. The zero-order valence-corrected chi connectivity index (χ0v) is 16.3. The molecule has 3 rings (SSSR count). The van der Waals surface area contributed by atoms with E-state index in [-0.39, 0.29) is 30.2 Å². The summed E-state index contributed by atoms with van der Waals surface area (Å²) < 4.78 is 0. The Balaban J connectivity index is 2.16. The van der Waals surface area contributed by atoms with E-state index in [0.717, 1.165) is 0 Å². The van der Waals surface area contributed by atoms with Crippen LogP contribution in [0.5, 0.6) is 0 Å². The molecule has 0 spiro atoms. The molecule has 1 aromatic carbocycles. The van der Waals surface area contributed by atoms with Crippen LogP contribution in [0, 0.1) is 6.92 Å². The molecule has 2 heterocycles. The lowest BCUT2D eigenvalue weighted by molar-refractivity contribution is -0.143. The Labute approximate surface area is 172 Å². The topological polar surface area (TPSA) is 165 Å². The number of nitrogen functional groups attached to an aromatic ring is 2. The molecule has 0 aliphatic carbocycles. The van der Waals surface area contributed by atoms with Crippen molar-refractivity contribution in [2.45, 2.75) is 25.2 Å². The molecule has 6 N–H and O–H groups in total. The summed E-state index contributed by atoms with van der Waals surface area (Å²) in [6.07, 6.45) is 3.29. The molecular weight excluding hydrogens is 386 g/mol. The van der Waals surface area contributed by atoms with E-state index in [4.69, 9.17) is 16.6 Å². The second kappa shape index (κ2) is 7.78. The minimum Gasteiger partial charge on any atom is -0.481 e. The normalized spacial score (nSPS) is 13.0. The SMILES string of the molecule is C=CCC(Cc1cnc2nc(N)nc(N)c2c1C)(C(=O)O)c1ccc(C(=O)O)cc1.